The molecule has 125 heavy (non-hydrogen) atoms. The van der Waals surface area contributed by atoms with Gasteiger partial charge in [-0.05, 0) is 192 Å². The van der Waals surface area contributed by atoms with Gasteiger partial charge in [0.2, 0.25) is 19.7 Å². The summed E-state index contributed by atoms with van der Waals surface area (Å²) in [4.78, 5) is 1.59. The smallest absolute Gasteiger partial charge is 1.00 e. The molecule has 0 unspecified atom stereocenters. The molecule has 17 aromatic carbocycles. The molecule has 0 saturated carbocycles. The number of rotatable bonds is 7. The van der Waals surface area contributed by atoms with E-state index in [4.69, 9.17) is 9.68 Å². The van der Waals surface area contributed by atoms with Gasteiger partial charge in [0, 0.05) is 130 Å². The van der Waals surface area contributed by atoms with Crippen molar-refractivity contribution >= 4 is 257 Å². The average Bonchev–Trinajstić information content (AvgIpc) is 1.59. The Hall–Kier alpha value is -10.4. The number of fused-ring (bicyclic) bond motifs is 21. The molecule has 22 aromatic rings. The monoisotopic (exact) mass is 1980 g/mol. The first-order valence-corrected chi connectivity index (χ1v) is 47.2. The Bertz CT molecular complexity index is 7840. The molecule has 1 N–H and O–H groups in total. The number of hydrogen-bond acceptors (Lipinski definition) is 10. The van der Waals surface area contributed by atoms with Crippen LogP contribution in [0.2, 0.25) is 0 Å². The maximum atomic E-state index is 12.3. The van der Waals surface area contributed by atoms with Crippen LogP contribution in [0.15, 0.2) is 418 Å². The largest absolute Gasteiger partial charge is 1.00 e. The van der Waals surface area contributed by atoms with E-state index in [9.17, 15) is 16.8 Å². The van der Waals surface area contributed by atoms with Crippen LogP contribution in [0.4, 0.5) is 0 Å². The maximum absolute atomic E-state index is 12.3. The Morgan fingerprint density at radius 1 is 0.312 bits per heavy atom. The number of halogens is 4. The van der Waals surface area contributed by atoms with Crippen LogP contribution in [0.1, 0.15) is 1.43 Å². The number of benzene rings is 17. The summed E-state index contributed by atoms with van der Waals surface area (Å²) in [6, 6.07) is 129. The van der Waals surface area contributed by atoms with E-state index in [-0.39, 0.29) is 37.6 Å². The van der Waals surface area contributed by atoms with Gasteiger partial charge in [-0.15, -0.1) is 22.7 Å². The van der Waals surface area contributed by atoms with E-state index in [1.807, 2.05) is 120 Å². The van der Waals surface area contributed by atoms with Crippen LogP contribution in [0, 0.1) is 0 Å². The molecule has 10 nitrogen and oxygen atoms in total. The minimum atomic E-state index is -3.37. The fraction of sp³-hybridized carbons (Fsp3) is 0. The van der Waals surface area contributed by atoms with Crippen LogP contribution in [0.25, 0.3) is 167 Å². The summed E-state index contributed by atoms with van der Waals surface area (Å²) in [6.45, 7) is 0. The van der Waals surface area contributed by atoms with E-state index in [2.05, 4.69) is 345 Å². The molecule has 2 aliphatic heterocycles. The summed E-state index contributed by atoms with van der Waals surface area (Å²) in [7, 11) is -1.59. The molecule has 600 valence electrons. The predicted molar refractivity (Wildman–Crippen MR) is 541 cm³/mol. The van der Waals surface area contributed by atoms with Crippen molar-refractivity contribution in [2.45, 2.75) is 19.6 Å². The summed E-state index contributed by atoms with van der Waals surface area (Å²) < 4.78 is 72.7. The van der Waals surface area contributed by atoms with Crippen LogP contribution in [-0.4, -0.2) is 68.2 Å². The van der Waals surface area contributed by atoms with Crippen molar-refractivity contribution in [2.75, 3.05) is 0 Å². The van der Waals surface area contributed by atoms with Crippen molar-refractivity contribution in [3.05, 3.63) is 394 Å². The number of aromatic nitrogens is 3. The van der Waals surface area contributed by atoms with E-state index in [0.717, 1.165) is 67.6 Å². The first-order valence-electron chi connectivity index (χ1n) is 39.0. The third-order valence-electron chi connectivity index (χ3n) is 22.2. The normalized spacial score (nSPS) is 12.2. The second-order valence-corrected chi connectivity index (χ2v) is 39.1. The van der Waals surface area contributed by atoms with Gasteiger partial charge < -0.3 is 24.8 Å². The Kier molecular flexibility index (Phi) is 25.6. The van der Waals surface area contributed by atoms with Crippen molar-refractivity contribution in [3.63, 3.8) is 0 Å². The Balaban J connectivity index is 0.000000129. The molecule has 0 amide bonds. The van der Waals surface area contributed by atoms with Crippen LogP contribution < -0.4 is 23.5 Å². The summed E-state index contributed by atoms with van der Waals surface area (Å²) in [5, 5.41) is 21.5. The van der Waals surface area contributed by atoms with Crippen LogP contribution >= 0.6 is 99.2 Å². The molecule has 2 radical (unpaired) electrons. The molecule has 5 aromatic heterocycles. The summed E-state index contributed by atoms with van der Waals surface area (Å²) in [5.74, 6) is 0.617. The number of sulfone groups is 2. The molecule has 0 aliphatic carbocycles. The van der Waals surface area contributed by atoms with Crippen molar-refractivity contribution in [1.82, 2.24) is 13.7 Å². The molecular formula is C102H68AlB2Br4LiN4O6S5. The second-order valence-electron chi connectivity index (χ2n) is 29.2. The van der Waals surface area contributed by atoms with Gasteiger partial charge in [-0.2, -0.15) is 0 Å². The first kappa shape index (κ1) is 86.7. The van der Waals surface area contributed by atoms with Gasteiger partial charge in [-0.25, -0.2) is 16.8 Å². The van der Waals surface area contributed by atoms with E-state index < -0.39 is 19.7 Å². The van der Waals surface area contributed by atoms with Gasteiger partial charge >= 0.3 is 51.3 Å². The molecule has 0 spiro atoms. The zero-order chi connectivity index (χ0) is 84.2. The second kappa shape index (κ2) is 36.9. The van der Waals surface area contributed by atoms with Crippen molar-refractivity contribution in [3.8, 4) is 67.3 Å². The Morgan fingerprint density at radius 2 is 0.592 bits per heavy atom. The Morgan fingerprint density at radius 3 is 0.984 bits per heavy atom. The first-order chi connectivity index (χ1) is 60.0. The minimum Gasteiger partial charge on any atom is -1.00 e. The van der Waals surface area contributed by atoms with Gasteiger partial charge in [-0.1, -0.05) is 270 Å². The van der Waals surface area contributed by atoms with E-state index in [0.29, 0.717) is 33.0 Å². The third kappa shape index (κ3) is 16.5. The van der Waals surface area contributed by atoms with Gasteiger partial charge in [0.05, 0.1) is 52.7 Å². The average molecular weight is 1980 g/mol. The van der Waals surface area contributed by atoms with Crippen molar-refractivity contribution < 1.29 is 46.8 Å². The fourth-order valence-corrected chi connectivity index (χ4v) is 24.6. The minimum absolute atomic E-state index is 0. The van der Waals surface area contributed by atoms with Crippen LogP contribution in [0.3, 0.4) is 0 Å². The molecule has 0 saturated heterocycles. The van der Waals surface area contributed by atoms with Gasteiger partial charge in [0.1, 0.15) is 5.75 Å². The Labute approximate surface area is 794 Å². The van der Waals surface area contributed by atoms with Crippen LogP contribution in [0.5, 0.6) is 5.75 Å². The summed E-state index contributed by atoms with van der Waals surface area (Å²) >= 11 is 20.5. The molecule has 7 heterocycles. The van der Waals surface area contributed by atoms with Crippen molar-refractivity contribution in [1.29, 1.82) is 0 Å². The number of thiol groups is 1. The molecule has 23 heteroatoms. The zero-order valence-corrected chi connectivity index (χ0v) is 76.3. The standard InChI is InChI=1S/C48H30N2S.C18H13BNO2.C12H6Br2O2S.C12H6Br2S.C12H8O2S.Al.BHNS.Li.4H/c1-3-11-35(12-4-1)49-43-17-9-7-15-37(43)41-27-31(21-25-45(41)49)33-19-23-39-40-24-20-34(30-48(40)51-47(39)29-33)32-22-26-46-42(28-32)38-16-8-10-18-44(38)50(46)36-13-5-2-6-14-36;21-19-22-14-10-11-18-16(12-14)15-8-4-5-9-17(15)20(18)13-6-2-1-3-7-13;13-7-1-3-9-10-4-2-8(14)6-12(10)17(15,16)11(9)5-7;13-7-1-3-9-10-4-2-8(14)6-12(10)15-11(9)5-7;13-15(14)11-7-3-1-5-9(11)10-6-2-4-8-12(10)15;;1-2-3;;;;;/h1-30H;1-12,21H;1-6H;1-6H;1-8H;;3H;;;;;/q;;;;;;;+1;;;;-1. The van der Waals surface area contributed by atoms with Crippen molar-refractivity contribution in [2.24, 2.45) is 4.30 Å². The summed E-state index contributed by atoms with van der Waals surface area (Å²) in [6.07, 6.45) is 0. The maximum Gasteiger partial charge on any atom is 1.00 e. The quantitative estimate of drug-likeness (QED) is 0.121. The van der Waals surface area contributed by atoms with Gasteiger partial charge in [0.25, 0.3) is 0 Å². The van der Waals surface area contributed by atoms with E-state index in [1.54, 1.807) is 36.4 Å². The number of nitrogens with zero attached hydrogens (tertiary/aromatic N) is 4. The zero-order valence-electron chi connectivity index (χ0n) is 66.8. The fourth-order valence-electron chi connectivity index (χ4n) is 16.8. The molecular weight excluding hydrogens is 1910 g/mol. The molecule has 0 fully saturated rings. The van der Waals surface area contributed by atoms with E-state index >= 15 is 0 Å². The number of hydrogen-bond donors (Lipinski definition) is 2. The third-order valence-corrected chi connectivity index (χ3v) is 30.1. The summed E-state index contributed by atoms with van der Waals surface area (Å²) in [5.41, 5.74) is 18.8. The topological polar surface area (TPSA) is 125 Å². The number of para-hydroxylation sites is 6. The molecule has 2 aliphatic rings. The van der Waals surface area contributed by atoms with Crippen LogP contribution in [-0.2, 0) is 19.7 Å². The van der Waals surface area contributed by atoms with Gasteiger partial charge in [-0.3, -0.25) is 0 Å². The predicted octanol–water partition coefficient (Wildman–Crippen LogP) is 25.5. The molecule has 24 rings (SSSR count). The molecule has 0 atom stereocenters. The number of thiophene rings is 2. The SMILES string of the molecule is Brc1ccc2c(c1)sc1cc(Br)ccc12.O=S1(=O)c2cc(Br)ccc2-c2ccc(Br)cc21.O=S1(=O)c2ccccc2-c2ccccc21.O[B]Oc1ccc2c(c1)c1ccccc1n2-c1ccccc1.[AlH3].[B]=NS.[H-].[Li+].c1ccc(-n2c3ccccc3c3cc(-c4ccc5c(c4)sc4cc(-c6ccc7c(c6)c6ccccc6n7-c6ccccc6)ccc45)ccc32)cc1. The molecule has 0 bridgehead atoms. The van der Waals surface area contributed by atoms with E-state index in [1.165, 1.54) is 118 Å². The van der Waals surface area contributed by atoms with Gasteiger partial charge in [0.15, 0.2) is 17.4 Å².